The van der Waals surface area contributed by atoms with Crippen LogP contribution in [0.15, 0.2) is 170 Å². The second-order valence-electron chi connectivity index (χ2n) is 11.4. The molecule has 9 aromatic rings. The summed E-state index contributed by atoms with van der Waals surface area (Å²) < 4.78 is 4.84. The van der Waals surface area contributed by atoms with Gasteiger partial charge in [0.25, 0.3) is 0 Å². The third-order valence-corrected chi connectivity index (χ3v) is 8.89. The molecule has 0 N–H and O–H groups in total. The standard InChI is InChI=1S/C42H28N2/c1-5-13-29(14-6-1)31-21-23-39-35(25-31)37-27-38-36-26-32(30-15-7-2-8-16-30)22-24-40(36)44(34-19-11-4-12-20-34)42(38)28-41(37)43(39)33-17-9-3-10-18-33/h1-28H. The molecule has 0 aliphatic heterocycles. The van der Waals surface area contributed by atoms with Crippen LogP contribution in [-0.4, -0.2) is 9.13 Å². The number of benzene rings is 7. The van der Waals surface area contributed by atoms with Crippen molar-refractivity contribution in [2.75, 3.05) is 0 Å². The minimum absolute atomic E-state index is 1.16. The quantitative estimate of drug-likeness (QED) is 0.203. The predicted octanol–water partition coefficient (Wildman–Crippen LogP) is 11.2. The Morgan fingerprint density at radius 3 is 1.02 bits per heavy atom. The van der Waals surface area contributed by atoms with Crippen molar-refractivity contribution >= 4 is 43.6 Å². The summed E-state index contributed by atoms with van der Waals surface area (Å²) in [5.74, 6) is 0. The molecular formula is C42H28N2. The zero-order chi connectivity index (χ0) is 29.0. The van der Waals surface area contributed by atoms with Crippen LogP contribution in [0.1, 0.15) is 0 Å². The smallest absolute Gasteiger partial charge is 0.0562 e. The molecule has 0 amide bonds. The highest BCUT2D eigenvalue weighted by Crippen LogP contribution is 2.41. The second kappa shape index (κ2) is 9.86. The predicted molar refractivity (Wildman–Crippen MR) is 186 cm³/mol. The Hall–Kier alpha value is -5.86. The van der Waals surface area contributed by atoms with Crippen LogP contribution in [0.2, 0.25) is 0 Å². The van der Waals surface area contributed by atoms with E-state index < -0.39 is 0 Å². The van der Waals surface area contributed by atoms with Crippen LogP contribution in [-0.2, 0) is 0 Å². The summed E-state index contributed by atoms with van der Waals surface area (Å²) in [6, 6.07) is 61.4. The van der Waals surface area contributed by atoms with Crippen molar-refractivity contribution in [1.82, 2.24) is 9.13 Å². The average Bonchev–Trinajstić information content (AvgIpc) is 3.60. The second-order valence-corrected chi connectivity index (χ2v) is 11.4. The summed E-state index contributed by atoms with van der Waals surface area (Å²) in [6.45, 7) is 0. The highest BCUT2D eigenvalue weighted by atomic mass is 15.0. The fourth-order valence-corrected chi connectivity index (χ4v) is 6.86. The van der Waals surface area contributed by atoms with Gasteiger partial charge in [0.05, 0.1) is 22.1 Å². The van der Waals surface area contributed by atoms with Crippen molar-refractivity contribution in [3.05, 3.63) is 170 Å². The summed E-state index contributed by atoms with van der Waals surface area (Å²) in [7, 11) is 0. The van der Waals surface area contributed by atoms with Crippen LogP contribution >= 0.6 is 0 Å². The Morgan fingerprint density at radius 1 is 0.250 bits per heavy atom. The largest absolute Gasteiger partial charge is 0.309 e. The first-order valence-corrected chi connectivity index (χ1v) is 15.1. The number of hydrogen-bond donors (Lipinski definition) is 0. The van der Waals surface area contributed by atoms with Crippen molar-refractivity contribution in [3.8, 4) is 33.6 Å². The summed E-state index contributed by atoms with van der Waals surface area (Å²) in [4.78, 5) is 0. The SMILES string of the molecule is c1ccc(-c2ccc3c(c2)c2cc4c5cc(-c6ccccc6)ccc5n(-c5ccccc5)c4cc2n3-c2ccccc2)cc1. The molecule has 7 aromatic carbocycles. The fraction of sp³-hybridized carbons (Fsp3) is 0. The number of aromatic nitrogens is 2. The van der Waals surface area contributed by atoms with Gasteiger partial charge in [0, 0.05) is 32.9 Å². The van der Waals surface area contributed by atoms with E-state index in [1.54, 1.807) is 0 Å². The lowest BCUT2D eigenvalue weighted by molar-refractivity contribution is 1.16. The van der Waals surface area contributed by atoms with Crippen LogP contribution < -0.4 is 0 Å². The number of para-hydroxylation sites is 2. The van der Waals surface area contributed by atoms with Crippen LogP contribution in [0.25, 0.3) is 77.2 Å². The molecule has 2 nitrogen and oxygen atoms in total. The molecule has 9 rings (SSSR count). The summed E-state index contributed by atoms with van der Waals surface area (Å²) in [6.07, 6.45) is 0. The lowest BCUT2D eigenvalue weighted by Gasteiger charge is -2.10. The molecule has 2 heteroatoms. The van der Waals surface area contributed by atoms with Gasteiger partial charge in [0.1, 0.15) is 0 Å². The lowest BCUT2D eigenvalue weighted by Crippen LogP contribution is -1.95. The Balaban J connectivity index is 1.43. The van der Waals surface area contributed by atoms with Gasteiger partial charge in [-0.15, -0.1) is 0 Å². The van der Waals surface area contributed by atoms with Gasteiger partial charge in [-0.3, -0.25) is 0 Å². The number of hydrogen-bond acceptors (Lipinski definition) is 0. The normalized spacial score (nSPS) is 11.6. The first-order valence-electron chi connectivity index (χ1n) is 15.1. The van der Waals surface area contributed by atoms with Crippen LogP contribution in [0.4, 0.5) is 0 Å². The maximum atomic E-state index is 2.43. The molecule has 2 aromatic heterocycles. The lowest BCUT2D eigenvalue weighted by atomic mass is 10.0. The van der Waals surface area contributed by atoms with E-state index in [1.165, 1.54) is 65.9 Å². The molecule has 0 atom stereocenters. The third-order valence-electron chi connectivity index (χ3n) is 8.89. The van der Waals surface area contributed by atoms with Crippen molar-refractivity contribution in [2.45, 2.75) is 0 Å². The van der Waals surface area contributed by atoms with E-state index in [4.69, 9.17) is 0 Å². The molecule has 0 bridgehead atoms. The summed E-state index contributed by atoms with van der Waals surface area (Å²) in [5.41, 5.74) is 12.0. The molecule has 0 saturated carbocycles. The van der Waals surface area contributed by atoms with Crippen molar-refractivity contribution in [2.24, 2.45) is 0 Å². The minimum Gasteiger partial charge on any atom is -0.309 e. The van der Waals surface area contributed by atoms with Gasteiger partial charge in [0.2, 0.25) is 0 Å². The zero-order valence-corrected chi connectivity index (χ0v) is 24.1. The van der Waals surface area contributed by atoms with Gasteiger partial charge < -0.3 is 9.13 Å². The molecule has 2 heterocycles. The van der Waals surface area contributed by atoms with Crippen LogP contribution in [0.5, 0.6) is 0 Å². The number of rotatable bonds is 4. The Kier molecular flexibility index (Phi) is 5.54. The molecule has 0 aliphatic carbocycles. The highest BCUT2D eigenvalue weighted by Gasteiger charge is 2.19. The maximum Gasteiger partial charge on any atom is 0.0562 e. The molecular weight excluding hydrogens is 532 g/mol. The first-order chi connectivity index (χ1) is 21.8. The fourth-order valence-electron chi connectivity index (χ4n) is 6.86. The molecule has 206 valence electrons. The Morgan fingerprint density at radius 2 is 0.614 bits per heavy atom. The molecule has 0 fully saturated rings. The molecule has 0 saturated heterocycles. The van der Waals surface area contributed by atoms with Gasteiger partial charge in [-0.2, -0.15) is 0 Å². The minimum atomic E-state index is 1.16. The van der Waals surface area contributed by atoms with Gasteiger partial charge >= 0.3 is 0 Å². The molecule has 44 heavy (non-hydrogen) atoms. The van der Waals surface area contributed by atoms with Gasteiger partial charge in [-0.25, -0.2) is 0 Å². The van der Waals surface area contributed by atoms with Crippen molar-refractivity contribution in [1.29, 1.82) is 0 Å². The molecule has 0 unspecified atom stereocenters. The molecule has 0 aliphatic rings. The third kappa shape index (κ3) is 3.82. The maximum absolute atomic E-state index is 2.43. The zero-order valence-electron chi connectivity index (χ0n) is 24.1. The first kappa shape index (κ1) is 24.7. The van der Waals surface area contributed by atoms with E-state index in [0.29, 0.717) is 0 Å². The average molecular weight is 561 g/mol. The highest BCUT2D eigenvalue weighted by molar-refractivity contribution is 6.20. The Bertz CT molecular complexity index is 2280. The number of fused-ring (bicyclic) bond motifs is 6. The topological polar surface area (TPSA) is 9.86 Å². The summed E-state index contributed by atoms with van der Waals surface area (Å²) >= 11 is 0. The van der Waals surface area contributed by atoms with Crippen LogP contribution in [0.3, 0.4) is 0 Å². The van der Waals surface area contributed by atoms with E-state index in [-0.39, 0.29) is 0 Å². The monoisotopic (exact) mass is 560 g/mol. The molecule has 0 spiro atoms. The van der Waals surface area contributed by atoms with E-state index in [2.05, 4.69) is 179 Å². The van der Waals surface area contributed by atoms with E-state index >= 15 is 0 Å². The van der Waals surface area contributed by atoms with Crippen LogP contribution in [0, 0.1) is 0 Å². The van der Waals surface area contributed by atoms with Gasteiger partial charge in [-0.05, 0) is 82.9 Å². The van der Waals surface area contributed by atoms with Gasteiger partial charge in [-0.1, -0.05) is 109 Å². The van der Waals surface area contributed by atoms with Gasteiger partial charge in [0.15, 0.2) is 0 Å². The number of nitrogens with zero attached hydrogens (tertiary/aromatic N) is 2. The Labute approximate surface area is 255 Å². The summed E-state index contributed by atoms with van der Waals surface area (Å²) in [5, 5.41) is 5.02. The van der Waals surface area contributed by atoms with E-state index in [9.17, 15) is 0 Å². The van der Waals surface area contributed by atoms with E-state index in [1.807, 2.05) is 0 Å². The van der Waals surface area contributed by atoms with Crippen molar-refractivity contribution in [3.63, 3.8) is 0 Å². The van der Waals surface area contributed by atoms with Crippen molar-refractivity contribution < 1.29 is 0 Å². The van der Waals surface area contributed by atoms with E-state index in [0.717, 1.165) is 11.4 Å². The molecule has 0 radical (unpaired) electrons.